The van der Waals surface area contributed by atoms with E-state index in [-0.39, 0.29) is 11.9 Å². The summed E-state index contributed by atoms with van der Waals surface area (Å²) in [5, 5.41) is 4.14. The molecule has 0 saturated carbocycles. The van der Waals surface area contributed by atoms with Gasteiger partial charge < -0.3 is 14.2 Å². The van der Waals surface area contributed by atoms with Crippen molar-refractivity contribution in [2.45, 2.75) is 32.3 Å². The smallest absolute Gasteiger partial charge is 0.215 e. The van der Waals surface area contributed by atoms with Gasteiger partial charge in [-0.25, -0.2) is 18.4 Å². The van der Waals surface area contributed by atoms with Gasteiger partial charge in [0, 0.05) is 11.6 Å². The number of halogens is 2. The molecule has 28 heavy (non-hydrogen) atoms. The molecule has 1 aromatic heterocycles. The molecule has 2 aromatic carbocycles. The predicted molar refractivity (Wildman–Crippen MR) is 95.8 cm³/mol. The first-order valence-corrected chi connectivity index (χ1v) is 8.83. The summed E-state index contributed by atoms with van der Waals surface area (Å²) in [6, 6.07) is 8.46. The molecular weight excluding hydrogens is 368 g/mol. The van der Waals surface area contributed by atoms with Gasteiger partial charge in [-0.15, -0.1) is 0 Å². The molecule has 0 amide bonds. The summed E-state index contributed by atoms with van der Waals surface area (Å²) in [6.45, 7) is 4.62. The molecule has 0 aliphatic carbocycles. The molecule has 1 fully saturated rings. The van der Waals surface area contributed by atoms with Crippen molar-refractivity contribution in [1.29, 1.82) is 0 Å². The topological polar surface area (TPSA) is 58.4 Å². The number of hydrogen-bond donors (Lipinski definition) is 0. The van der Waals surface area contributed by atoms with Crippen LogP contribution in [0.1, 0.15) is 18.1 Å². The van der Waals surface area contributed by atoms with Crippen molar-refractivity contribution in [3.63, 3.8) is 0 Å². The van der Waals surface area contributed by atoms with E-state index >= 15 is 0 Å². The molecule has 2 unspecified atom stereocenters. The number of benzene rings is 2. The summed E-state index contributed by atoms with van der Waals surface area (Å²) in [6.07, 6.45) is 2.97. The summed E-state index contributed by atoms with van der Waals surface area (Å²) >= 11 is 0. The maximum absolute atomic E-state index is 13.9. The normalized spacial score (nSPS) is 21.8. The van der Waals surface area contributed by atoms with Crippen LogP contribution in [0.25, 0.3) is 0 Å². The molecule has 1 aliphatic rings. The zero-order chi connectivity index (χ0) is 19.7. The average molecular weight is 387 g/mol. The van der Waals surface area contributed by atoms with Crippen LogP contribution in [0.2, 0.25) is 0 Å². The van der Waals surface area contributed by atoms with Gasteiger partial charge in [0.2, 0.25) is 5.79 Å². The Labute approximate surface area is 160 Å². The third-order valence-corrected chi connectivity index (χ3v) is 4.51. The molecule has 6 nitrogen and oxygen atoms in total. The second-order valence-corrected chi connectivity index (χ2v) is 6.74. The van der Waals surface area contributed by atoms with Crippen LogP contribution in [-0.4, -0.2) is 27.5 Å². The minimum Gasteiger partial charge on any atom is -0.454 e. The minimum absolute atomic E-state index is 0.0483. The Morgan fingerprint density at radius 3 is 2.75 bits per heavy atom. The van der Waals surface area contributed by atoms with Crippen LogP contribution in [0.4, 0.5) is 8.78 Å². The van der Waals surface area contributed by atoms with Crippen LogP contribution in [0.15, 0.2) is 49.1 Å². The van der Waals surface area contributed by atoms with Gasteiger partial charge in [-0.1, -0.05) is 0 Å². The first-order chi connectivity index (χ1) is 13.4. The summed E-state index contributed by atoms with van der Waals surface area (Å²) in [5.41, 5.74) is 1.66. The molecule has 2 heterocycles. The van der Waals surface area contributed by atoms with Crippen LogP contribution in [0.5, 0.6) is 11.5 Å². The molecule has 8 heteroatoms. The standard InChI is InChI=1S/C20H19F2N3O3/c1-13-7-16(27-19-6-3-15(21)8-18(19)22)4-5-17(13)20(26-9-14(2)28-20)10-25-12-23-11-24-25/h3-8,11-12,14H,9-10H2,1-2H3. The zero-order valence-corrected chi connectivity index (χ0v) is 15.4. The Morgan fingerprint density at radius 1 is 1.25 bits per heavy atom. The van der Waals surface area contributed by atoms with Gasteiger partial charge >= 0.3 is 0 Å². The zero-order valence-electron chi connectivity index (χ0n) is 15.4. The predicted octanol–water partition coefficient (Wildman–Crippen LogP) is 3.95. The number of hydrogen-bond acceptors (Lipinski definition) is 5. The quantitative estimate of drug-likeness (QED) is 0.664. The van der Waals surface area contributed by atoms with Gasteiger partial charge in [0.15, 0.2) is 11.6 Å². The van der Waals surface area contributed by atoms with Crippen molar-refractivity contribution in [3.8, 4) is 11.5 Å². The molecule has 1 saturated heterocycles. The highest BCUT2D eigenvalue weighted by molar-refractivity contribution is 5.40. The van der Waals surface area contributed by atoms with Gasteiger partial charge in [0.1, 0.15) is 30.8 Å². The van der Waals surface area contributed by atoms with Crippen molar-refractivity contribution < 1.29 is 23.0 Å². The molecule has 0 N–H and O–H groups in total. The van der Waals surface area contributed by atoms with E-state index in [4.69, 9.17) is 14.2 Å². The maximum atomic E-state index is 13.9. The van der Waals surface area contributed by atoms with Gasteiger partial charge in [-0.3, -0.25) is 0 Å². The first-order valence-electron chi connectivity index (χ1n) is 8.83. The lowest BCUT2D eigenvalue weighted by atomic mass is 9.99. The lowest BCUT2D eigenvalue weighted by Crippen LogP contribution is -2.34. The van der Waals surface area contributed by atoms with Gasteiger partial charge in [0.25, 0.3) is 0 Å². The van der Waals surface area contributed by atoms with Gasteiger partial charge in [-0.2, -0.15) is 5.10 Å². The number of rotatable bonds is 5. The highest BCUT2D eigenvalue weighted by atomic mass is 19.1. The summed E-state index contributed by atoms with van der Waals surface area (Å²) in [5.74, 6) is -2.05. The van der Waals surface area contributed by atoms with Crippen molar-refractivity contribution in [1.82, 2.24) is 14.8 Å². The van der Waals surface area contributed by atoms with E-state index < -0.39 is 17.4 Å². The monoisotopic (exact) mass is 387 g/mol. The molecular formula is C20H19F2N3O3. The molecule has 3 aromatic rings. The number of nitrogens with zero attached hydrogens (tertiary/aromatic N) is 3. The number of aryl methyl sites for hydroxylation is 1. The number of ether oxygens (including phenoxy) is 3. The summed E-state index contributed by atoms with van der Waals surface area (Å²) < 4.78 is 46.3. The van der Waals surface area contributed by atoms with Crippen molar-refractivity contribution in [2.24, 2.45) is 0 Å². The van der Waals surface area contributed by atoms with E-state index in [1.807, 2.05) is 19.9 Å². The second-order valence-electron chi connectivity index (χ2n) is 6.74. The molecule has 1 aliphatic heterocycles. The van der Waals surface area contributed by atoms with Crippen LogP contribution in [0, 0.1) is 18.6 Å². The number of aromatic nitrogens is 3. The fourth-order valence-electron chi connectivity index (χ4n) is 3.29. The molecule has 4 rings (SSSR count). The highest BCUT2D eigenvalue weighted by Gasteiger charge is 2.43. The fourth-order valence-corrected chi connectivity index (χ4v) is 3.29. The van der Waals surface area contributed by atoms with Crippen molar-refractivity contribution >= 4 is 0 Å². The lowest BCUT2D eigenvalue weighted by Gasteiger charge is -2.29. The van der Waals surface area contributed by atoms with Crippen molar-refractivity contribution in [3.05, 3.63) is 71.8 Å². The molecule has 2 atom stereocenters. The fraction of sp³-hybridized carbons (Fsp3) is 0.300. The Balaban J connectivity index is 1.63. The Morgan fingerprint density at radius 2 is 2.11 bits per heavy atom. The third kappa shape index (κ3) is 3.61. The lowest BCUT2D eigenvalue weighted by molar-refractivity contribution is -0.187. The van der Waals surface area contributed by atoms with E-state index in [2.05, 4.69) is 10.1 Å². The molecule has 146 valence electrons. The van der Waals surface area contributed by atoms with E-state index in [1.54, 1.807) is 23.1 Å². The Hall–Kier alpha value is -2.84. The van der Waals surface area contributed by atoms with Gasteiger partial charge in [0.05, 0.1) is 12.7 Å². The molecule has 0 radical (unpaired) electrons. The van der Waals surface area contributed by atoms with E-state index in [1.165, 1.54) is 12.4 Å². The van der Waals surface area contributed by atoms with E-state index in [0.717, 1.165) is 23.3 Å². The average Bonchev–Trinajstić information content (AvgIpc) is 3.28. The van der Waals surface area contributed by atoms with Crippen molar-refractivity contribution in [2.75, 3.05) is 6.61 Å². The molecule has 0 bridgehead atoms. The summed E-state index contributed by atoms with van der Waals surface area (Å²) in [4.78, 5) is 3.96. The van der Waals surface area contributed by atoms with Crippen LogP contribution in [0.3, 0.4) is 0 Å². The Kier molecular flexibility index (Phi) is 4.82. The van der Waals surface area contributed by atoms with Crippen LogP contribution in [-0.2, 0) is 21.8 Å². The highest BCUT2D eigenvalue weighted by Crippen LogP contribution is 2.39. The Bertz CT molecular complexity index is 981. The van der Waals surface area contributed by atoms with Crippen LogP contribution >= 0.6 is 0 Å². The van der Waals surface area contributed by atoms with E-state index in [0.29, 0.717) is 18.9 Å². The SMILES string of the molecule is Cc1cc(Oc2ccc(F)cc2F)ccc1C1(Cn2cncn2)OCC(C)O1. The van der Waals surface area contributed by atoms with Crippen LogP contribution < -0.4 is 4.74 Å². The first kappa shape index (κ1) is 18.5. The minimum atomic E-state index is -1.00. The molecule has 0 spiro atoms. The maximum Gasteiger partial charge on any atom is 0.215 e. The third-order valence-electron chi connectivity index (χ3n) is 4.51. The summed E-state index contributed by atoms with van der Waals surface area (Å²) in [7, 11) is 0. The van der Waals surface area contributed by atoms with E-state index in [9.17, 15) is 8.78 Å². The largest absolute Gasteiger partial charge is 0.454 e. The van der Waals surface area contributed by atoms with Gasteiger partial charge in [-0.05, 0) is 49.7 Å². The second kappa shape index (κ2) is 7.29.